The minimum absolute atomic E-state index is 0.0360. The summed E-state index contributed by atoms with van der Waals surface area (Å²) in [5.74, 6) is 0.499. The number of ketones is 1. The van der Waals surface area contributed by atoms with Crippen LogP contribution in [-0.4, -0.2) is 29.6 Å². The molecule has 4 saturated carbocycles. The summed E-state index contributed by atoms with van der Waals surface area (Å²) in [6.45, 7) is 6.89. The summed E-state index contributed by atoms with van der Waals surface area (Å²) >= 11 is 0. The largest absolute Gasteiger partial charge is 0.458 e. The average molecular weight is 425 g/mol. The van der Waals surface area contributed by atoms with E-state index in [4.69, 9.17) is 4.74 Å². The van der Waals surface area contributed by atoms with Crippen molar-refractivity contribution in [2.45, 2.75) is 78.2 Å². The lowest BCUT2D eigenvalue weighted by atomic mass is 9.37. The van der Waals surface area contributed by atoms with Crippen LogP contribution in [-0.2, 0) is 9.53 Å². The Morgan fingerprint density at radius 2 is 1.84 bits per heavy atom. The number of carbonyl (C=O) groups excluding carboxylic acids is 2. The Bertz CT molecular complexity index is 896. The number of esters is 1. The van der Waals surface area contributed by atoms with E-state index >= 15 is 0 Å². The highest BCUT2D eigenvalue weighted by Crippen LogP contribution is 2.75. The molecule has 7 atom stereocenters. The fourth-order valence-electron chi connectivity index (χ4n) is 8.73. The number of hydrogen-bond acceptors (Lipinski definition) is 4. The van der Waals surface area contributed by atoms with Gasteiger partial charge in [-0.2, -0.15) is 0 Å². The van der Waals surface area contributed by atoms with Crippen LogP contribution in [0.15, 0.2) is 30.3 Å². The molecule has 0 aliphatic heterocycles. The van der Waals surface area contributed by atoms with Crippen LogP contribution in [0.25, 0.3) is 0 Å². The smallest absolute Gasteiger partial charge is 0.338 e. The van der Waals surface area contributed by atoms with Gasteiger partial charge in [0.1, 0.15) is 11.9 Å². The van der Waals surface area contributed by atoms with Gasteiger partial charge in [0.2, 0.25) is 0 Å². The van der Waals surface area contributed by atoms with Gasteiger partial charge in [-0.05, 0) is 72.8 Å². The van der Waals surface area contributed by atoms with Crippen molar-refractivity contribution >= 4 is 11.8 Å². The third-order valence-electron chi connectivity index (χ3n) is 10.3. The van der Waals surface area contributed by atoms with Gasteiger partial charge < -0.3 is 9.84 Å². The van der Waals surface area contributed by atoms with E-state index in [9.17, 15) is 14.7 Å². The van der Waals surface area contributed by atoms with Crippen LogP contribution in [0.5, 0.6) is 0 Å². The molecule has 1 aromatic carbocycles. The number of carbonyl (C=O) groups is 2. The molecule has 4 fully saturated rings. The molecule has 0 aromatic heterocycles. The third-order valence-corrected chi connectivity index (χ3v) is 10.3. The van der Waals surface area contributed by atoms with Crippen molar-refractivity contribution in [2.75, 3.05) is 6.61 Å². The summed E-state index contributed by atoms with van der Waals surface area (Å²) in [6, 6.07) is 9.20. The second kappa shape index (κ2) is 6.91. The van der Waals surface area contributed by atoms with Gasteiger partial charge in [-0.1, -0.05) is 45.4 Å². The Hall–Kier alpha value is -1.68. The van der Waals surface area contributed by atoms with Crippen LogP contribution < -0.4 is 0 Å². The molecule has 0 heterocycles. The van der Waals surface area contributed by atoms with E-state index in [1.54, 1.807) is 12.1 Å². The third kappa shape index (κ3) is 2.83. The van der Waals surface area contributed by atoms with E-state index in [-0.39, 0.29) is 52.2 Å². The molecule has 4 nitrogen and oxygen atoms in total. The Balaban J connectivity index is 1.57. The maximum atomic E-state index is 13.1. The zero-order valence-corrected chi connectivity index (χ0v) is 19.2. The van der Waals surface area contributed by atoms with Gasteiger partial charge in [-0.25, -0.2) is 4.79 Å². The zero-order chi connectivity index (χ0) is 22.1. The molecule has 1 spiro atoms. The van der Waals surface area contributed by atoms with Crippen molar-refractivity contribution in [2.24, 2.45) is 33.5 Å². The molecule has 4 aliphatic rings. The van der Waals surface area contributed by atoms with Crippen LogP contribution >= 0.6 is 0 Å². The Morgan fingerprint density at radius 1 is 1.10 bits per heavy atom. The molecule has 0 amide bonds. The second-order valence-electron chi connectivity index (χ2n) is 11.8. The van der Waals surface area contributed by atoms with Crippen LogP contribution in [0.1, 0.15) is 82.5 Å². The molecular weight excluding hydrogens is 388 g/mol. The van der Waals surface area contributed by atoms with Crippen molar-refractivity contribution in [3.8, 4) is 0 Å². The van der Waals surface area contributed by atoms with E-state index in [1.807, 2.05) is 18.2 Å². The molecule has 31 heavy (non-hydrogen) atoms. The van der Waals surface area contributed by atoms with Gasteiger partial charge in [0, 0.05) is 24.4 Å². The monoisotopic (exact) mass is 424 g/mol. The van der Waals surface area contributed by atoms with E-state index in [2.05, 4.69) is 20.8 Å². The minimum atomic E-state index is -0.284. The highest BCUT2D eigenvalue weighted by molar-refractivity contribution is 5.89. The van der Waals surface area contributed by atoms with Gasteiger partial charge in [-0.3, -0.25) is 4.79 Å². The topological polar surface area (TPSA) is 63.6 Å². The normalized spacial score (nSPS) is 46.2. The highest BCUT2D eigenvalue weighted by atomic mass is 16.5. The number of aliphatic hydroxyl groups excluding tert-OH is 1. The number of rotatable bonds is 3. The summed E-state index contributed by atoms with van der Waals surface area (Å²) in [7, 11) is 0. The van der Waals surface area contributed by atoms with Crippen LogP contribution in [0, 0.1) is 33.5 Å². The molecule has 168 valence electrons. The SMILES string of the molecule is CC12CCC3(C1)C(CC2=O)CC(OC(=O)c1ccccc1)C1C(C)(CO)CCC[C@@]13C. The van der Waals surface area contributed by atoms with Crippen molar-refractivity contribution < 1.29 is 19.4 Å². The Morgan fingerprint density at radius 3 is 2.55 bits per heavy atom. The summed E-state index contributed by atoms with van der Waals surface area (Å²) < 4.78 is 6.26. The minimum Gasteiger partial charge on any atom is -0.458 e. The van der Waals surface area contributed by atoms with E-state index in [0.717, 1.165) is 44.9 Å². The molecule has 4 heteroatoms. The predicted octanol–water partition coefficient (Wildman–Crippen LogP) is 5.19. The van der Waals surface area contributed by atoms with Crippen molar-refractivity contribution in [1.82, 2.24) is 0 Å². The van der Waals surface area contributed by atoms with Crippen LogP contribution in [0.4, 0.5) is 0 Å². The quantitative estimate of drug-likeness (QED) is 0.679. The first-order valence-electron chi connectivity index (χ1n) is 12.1. The van der Waals surface area contributed by atoms with E-state index < -0.39 is 0 Å². The molecule has 0 radical (unpaired) electrons. The van der Waals surface area contributed by atoms with Crippen LogP contribution in [0.2, 0.25) is 0 Å². The average Bonchev–Trinajstić information content (AvgIpc) is 3.08. The molecule has 4 aliphatic carbocycles. The summed E-state index contributed by atoms with van der Waals surface area (Å²) in [5, 5.41) is 10.5. The second-order valence-corrected chi connectivity index (χ2v) is 11.8. The molecular formula is C27H36O4. The Labute approximate surface area is 185 Å². The van der Waals surface area contributed by atoms with Crippen molar-refractivity contribution in [3.63, 3.8) is 0 Å². The van der Waals surface area contributed by atoms with E-state index in [1.165, 1.54) is 0 Å². The number of benzene rings is 1. The lowest BCUT2D eigenvalue weighted by Gasteiger charge is -2.67. The molecule has 5 rings (SSSR count). The number of ether oxygens (including phenoxy) is 1. The molecule has 2 bridgehead atoms. The van der Waals surface area contributed by atoms with Gasteiger partial charge in [0.15, 0.2) is 0 Å². The molecule has 6 unspecified atom stereocenters. The molecule has 1 N–H and O–H groups in total. The predicted molar refractivity (Wildman–Crippen MR) is 118 cm³/mol. The summed E-state index contributed by atoms with van der Waals surface area (Å²) in [6.07, 6.45) is 7.28. The fourth-order valence-corrected chi connectivity index (χ4v) is 8.73. The fraction of sp³-hybridized carbons (Fsp3) is 0.704. The first kappa shape index (κ1) is 21.2. The number of fused-ring (bicyclic) bond motifs is 2. The molecule has 1 aromatic rings. The maximum absolute atomic E-state index is 13.1. The standard InChI is InChI=1S/C27H36O4/c1-24-12-13-27(16-24)19(15-21(24)29)14-20(31-23(30)18-8-5-4-6-9-18)22-25(2,17-28)10-7-11-26(22,27)3/h4-6,8-9,19-20,22,28H,7,10-17H2,1-3H3/t19?,20?,22?,24?,25?,26-,27?/m0/s1. The lowest BCUT2D eigenvalue weighted by molar-refractivity contribution is -0.224. The lowest BCUT2D eigenvalue weighted by Crippen LogP contribution is -2.65. The highest BCUT2D eigenvalue weighted by Gasteiger charge is 2.72. The van der Waals surface area contributed by atoms with Crippen LogP contribution in [0.3, 0.4) is 0 Å². The van der Waals surface area contributed by atoms with Gasteiger partial charge >= 0.3 is 5.97 Å². The number of aliphatic hydroxyl groups is 1. The maximum Gasteiger partial charge on any atom is 0.338 e. The zero-order valence-electron chi connectivity index (χ0n) is 19.2. The molecule has 0 saturated heterocycles. The van der Waals surface area contributed by atoms with Gasteiger partial charge in [0.25, 0.3) is 0 Å². The first-order chi connectivity index (χ1) is 14.7. The number of hydrogen-bond donors (Lipinski definition) is 1. The Kier molecular flexibility index (Phi) is 4.72. The first-order valence-corrected chi connectivity index (χ1v) is 12.1. The van der Waals surface area contributed by atoms with Gasteiger partial charge in [0.05, 0.1) is 5.56 Å². The van der Waals surface area contributed by atoms with Gasteiger partial charge in [-0.15, -0.1) is 0 Å². The van der Waals surface area contributed by atoms with Crippen molar-refractivity contribution in [3.05, 3.63) is 35.9 Å². The van der Waals surface area contributed by atoms with E-state index in [0.29, 0.717) is 17.8 Å². The summed E-state index contributed by atoms with van der Waals surface area (Å²) in [4.78, 5) is 26.1. The van der Waals surface area contributed by atoms with Crippen molar-refractivity contribution in [1.29, 1.82) is 0 Å². The number of Topliss-reactive ketones (excluding diaryl/α,β-unsaturated/α-hetero) is 1. The summed E-state index contributed by atoms with van der Waals surface area (Å²) in [5.41, 5.74) is 0.192.